The molecule has 0 saturated carbocycles. The van der Waals surface area contributed by atoms with E-state index >= 15 is 0 Å². The number of hydrogen-bond donors (Lipinski definition) is 0. The van der Waals surface area contributed by atoms with E-state index in [-0.39, 0.29) is 0 Å². The molecule has 0 bridgehead atoms. The van der Waals surface area contributed by atoms with Crippen molar-refractivity contribution in [1.82, 2.24) is 0 Å². The van der Waals surface area contributed by atoms with Crippen molar-refractivity contribution in [1.29, 1.82) is 0 Å². The molecular weight excluding hydrogens is 498 g/mol. The molecule has 29 heavy (non-hydrogen) atoms. The molecule has 0 spiro atoms. The maximum absolute atomic E-state index is 2.48. The summed E-state index contributed by atoms with van der Waals surface area (Å²) >= 11 is 1.90. The number of hydrogen-bond acceptors (Lipinski definition) is 2. The van der Waals surface area contributed by atoms with E-state index in [1.807, 2.05) is 22.7 Å². The molecule has 1 aliphatic rings. The van der Waals surface area contributed by atoms with Gasteiger partial charge in [-0.25, -0.2) is 0 Å². The molecule has 0 fully saturated rings. The van der Waals surface area contributed by atoms with Crippen molar-refractivity contribution in [2.24, 2.45) is 0 Å². The van der Waals surface area contributed by atoms with Gasteiger partial charge in [-0.05, 0) is 0 Å². The van der Waals surface area contributed by atoms with Crippen LogP contribution in [0.15, 0.2) is 91.0 Å². The Morgan fingerprint density at radius 1 is 0.517 bits per heavy atom. The first kappa shape index (κ1) is 16.7. The molecule has 3 heteroatoms. The minimum atomic E-state index is -2.11. The van der Waals surface area contributed by atoms with E-state index in [9.17, 15) is 0 Å². The van der Waals surface area contributed by atoms with Crippen LogP contribution in [0.5, 0.6) is 0 Å². The normalized spacial score (nSPS) is 13.4. The Labute approximate surface area is 184 Å². The Hall–Kier alpha value is -2.12. The third-order valence-electron chi connectivity index (χ3n) is 5.78. The fraction of sp³-hybridized carbons (Fsp3) is 0. The summed E-state index contributed by atoms with van der Waals surface area (Å²) < 4.78 is 7.84. The molecule has 1 aliphatic heterocycles. The van der Waals surface area contributed by atoms with Crippen LogP contribution in [-0.2, 0) is 0 Å². The van der Waals surface area contributed by atoms with Gasteiger partial charge >= 0.3 is 185 Å². The molecule has 0 nitrogen and oxygen atoms in total. The summed E-state index contributed by atoms with van der Waals surface area (Å²) in [5, 5.41) is 5.69. The van der Waals surface area contributed by atoms with E-state index in [2.05, 4.69) is 91.0 Å². The Balaban J connectivity index is 1.61. The van der Waals surface area contributed by atoms with E-state index in [1.54, 1.807) is 20.3 Å². The summed E-state index contributed by atoms with van der Waals surface area (Å²) in [5.41, 5.74) is 0. The van der Waals surface area contributed by atoms with Gasteiger partial charge in [-0.3, -0.25) is 0 Å². The summed E-state index contributed by atoms with van der Waals surface area (Å²) in [4.78, 5) is 3.11. The van der Waals surface area contributed by atoms with Crippen LogP contribution < -0.4 is 10.5 Å². The molecule has 3 heterocycles. The average molecular weight is 513 g/mol. The molecule has 0 atom stereocenters. The van der Waals surface area contributed by atoms with Gasteiger partial charge in [-0.15, -0.1) is 0 Å². The third-order valence-corrected chi connectivity index (χ3v) is 16.7. The summed E-state index contributed by atoms with van der Waals surface area (Å²) in [7, 11) is 0. The molecule has 0 saturated heterocycles. The zero-order valence-electron chi connectivity index (χ0n) is 15.4. The second-order valence-corrected chi connectivity index (χ2v) is 15.5. The van der Waals surface area contributed by atoms with Crippen molar-refractivity contribution in [2.45, 2.75) is 0 Å². The second-order valence-electron chi connectivity index (χ2n) is 7.42. The van der Waals surface area contributed by atoms with Crippen LogP contribution in [0.1, 0.15) is 0 Å². The van der Waals surface area contributed by atoms with Crippen molar-refractivity contribution in [3.63, 3.8) is 0 Å². The summed E-state index contributed by atoms with van der Waals surface area (Å²) in [6, 6.07) is 34.1. The van der Waals surface area contributed by atoms with E-state index in [1.165, 1.54) is 30.9 Å². The Kier molecular flexibility index (Phi) is 3.55. The Bertz CT molecular complexity index is 1490. The van der Waals surface area contributed by atoms with Crippen molar-refractivity contribution in [3.8, 4) is 9.75 Å². The topological polar surface area (TPSA) is 0 Å². The van der Waals surface area contributed by atoms with Gasteiger partial charge in [0.05, 0.1) is 0 Å². The van der Waals surface area contributed by atoms with E-state index in [4.69, 9.17) is 0 Å². The average Bonchev–Trinajstić information content (AvgIpc) is 3.41. The molecule has 7 rings (SSSR count). The van der Waals surface area contributed by atoms with Gasteiger partial charge in [0.1, 0.15) is 0 Å². The molecule has 136 valence electrons. The van der Waals surface area contributed by atoms with Crippen LogP contribution in [-0.4, -0.2) is 20.2 Å². The zero-order valence-corrected chi connectivity index (χ0v) is 19.6. The van der Waals surface area contributed by atoms with Crippen molar-refractivity contribution in [2.75, 3.05) is 0 Å². The predicted octanol–water partition coefficient (Wildman–Crippen LogP) is 5.77. The molecule has 4 aromatic carbocycles. The number of benzene rings is 4. The number of fused-ring (bicyclic) bond motifs is 8. The van der Waals surface area contributed by atoms with Gasteiger partial charge in [0, 0.05) is 0 Å². The molecule has 2 aromatic heterocycles. The molecule has 0 N–H and O–H groups in total. The van der Waals surface area contributed by atoms with Gasteiger partial charge in [0.2, 0.25) is 0 Å². The van der Waals surface area contributed by atoms with E-state index in [0.29, 0.717) is 0 Å². The predicted molar refractivity (Wildman–Crippen MR) is 131 cm³/mol. The van der Waals surface area contributed by atoms with E-state index in [0.717, 1.165) is 0 Å². The van der Waals surface area contributed by atoms with Crippen molar-refractivity contribution < 1.29 is 0 Å². The summed E-state index contributed by atoms with van der Waals surface area (Å²) in [6.07, 6.45) is 0. The van der Waals surface area contributed by atoms with Crippen LogP contribution in [0.2, 0.25) is 0 Å². The molecule has 0 radical (unpaired) electrons. The summed E-state index contributed by atoms with van der Waals surface area (Å²) in [5.74, 6) is 0. The fourth-order valence-electron chi connectivity index (χ4n) is 4.50. The standard InChI is InChI=1S/C16H8S2.C10H7.Sb/c1-3-7-13-11(5-1)9-15(17-13)16-10-12-6-2-4-8-14(12)18-16;1-2-6-10-8-4-3-7-9(10)5-1;/h1-8H;1-3,5-8H;. The van der Waals surface area contributed by atoms with Crippen LogP contribution in [0.3, 0.4) is 0 Å². The van der Waals surface area contributed by atoms with Crippen LogP contribution in [0, 0.1) is 0 Å². The Morgan fingerprint density at radius 3 is 1.72 bits per heavy atom. The van der Waals surface area contributed by atoms with Crippen LogP contribution in [0.4, 0.5) is 0 Å². The second kappa shape index (κ2) is 6.19. The number of rotatable bonds is 1. The summed E-state index contributed by atoms with van der Waals surface area (Å²) in [6.45, 7) is 0. The minimum absolute atomic E-state index is 1.33. The first-order valence-electron chi connectivity index (χ1n) is 9.71. The first-order chi connectivity index (χ1) is 14.4. The third kappa shape index (κ3) is 2.31. The first-order valence-corrected chi connectivity index (χ1v) is 15.2. The zero-order chi connectivity index (χ0) is 18.9. The quantitative estimate of drug-likeness (QED) is 0.245. The molecule has 0 aliphatic carbocycles. The van der Waals surface area contributed by atoms with Gasteiger partial charge < -0.3 is 0 Å². The van der Waals surface area contributed by atoms with Crippen molar-refractivity contribution in [3.05, 3.63) is 91.0 Å². The fourth-order valence-corrected chi connectivity index (χ4v) is 17.6. The Morgan fingerprint density at radius 2 is 1.07 bits per heavy atom. The van der Waals surface area contributed by atoms with E-state index < -0.39 is 20.2 Å². The van der Waals surface area contributed by atoms with Gasteiger partial charge in [-0.2, -0.15) is 0 Å². The van der Waals surface area contributed by atoms with Gasteiger partial charge in [0.15, 0.2) is 0 Å². The molecule has 0 unspecified atom stereocenters. The number of thiophene rings is 2. The van der Waals surface area contributed by atoms with Gasteiger partial charge in [-0.1, -0.05) is 0 Å². The molecular formula is C26H15S2Sb. The van der Waals surface area contributed by atoms with Crippen LogP contribution >= 0.6 is 22.7 Å². The molecule has 0 amide bonds. The molecule has 6 aromatic rings. The van der Waals surface area contributed by atoms with Crippen LogP contribution in [0.25, 0.3) is 40.7 Å². The SMILES string of the molecule is c1ccc2c[c]([Sb]3[c]4c(sc5ccccc45)-c4sc5ccccc5[c]43)ccc2c1. The monoisotopic (exact) mass is 512 g/mol. The maximum atomic E-state index is 2.48. The van der Waals surface area contributed by atoms with Crippen molar-refractivity contribution >= 4 is 84.4 Å². The van der Waals surface area contributed by atoms with Gasteiger partial charge in [0.25, 0.3) is 0 Å².